The van der Waals surface area contributed by atoms with Crippen molar-refractivity contribution in [3.8, 4) is 11.5 Å². The van der Waals surface area contributed by atoms with Gasteiger partial charge in [-0.05, 0) is 43.2 Å². The van der Waals surface area contributed by atoms with Crippen molar-refractivity contribution in [3.05, 3.63) is 52.7 Å². The molecule has 0 spiro atoms. The fourth-order valence-electron chi connectivity index (χ4n) is 2.54. The van der Waals surface area contributed by atoms with E-state index in [1.165, 1.54) is 11.8 Å². The molecule has 0 aliphatic heterocycles. The average molecular weight is 388 g/mol. The number of hydrogen-bond acceptors (Lipinski definition) is 5. The van der Waals surface area contributed by atoms with Gasteiger partial charge in [0.15, 0.2) is 11.0 Å². The minimum atomic E-state index is -0.147. The normalized spacial score (nSPS) is 10.8. The van der Waals surface area contributed by atoms with Gasteiger partial charge in [-0.15, -0.1) is 10.2 Å². The maximum absolute atomic E-state index is 12.3. The van der Waals surface area contributed by atoms with E-state index in [4.69, 9.17) is 11.6 Å². The largest absolute Gasteiger partial charge is 0.324 e. The molecule has 1 aromatic carbocycles. The summed E-state index contributed by atoms with van der Waals surface area (Å²) in [6.45, 7) is 3.89. The van der Waals surface area contributed by atoms with E-state index in [-0.39, 0.29) is 11.7 Å². The third-order valence-corrected chi connectivity index (χ3v) is 5.08. The Hall–Kier alpha value is -2.38. The molecule has 0 unspecified atom stereocenters. The van der Waals surface area contributed by atoms with Crippen LogP contribution < -0.4 is 5.32 Å². The molecular weight excluding hydrogens is 370 g/mol. The monoisotopic (exact) mass is 387 g/mol. The van der Waals surface area contributed by atoms with Crippen LogP contribution in [0.5, 0.6) is 0 Å². The Morgan fingerprint density at radius 2 is 2.08 bits per heavy atom. The highest BCUT2D eigenvalue weighted by atomic mass is 35.5. The standard InChI is InChI=1S/C18H18ClN5OS/c1-11-8-12(2)16(13(19)9-11)21-15(25)10-26-18-23-22-17(24(18)3)14-6-4-5-7-20-14/h4-9H,10H2,1-3H3,(H,21,25). The number of rotatable bonds is 5. The van der Waals surface area contributed by atoms with Crippen LogP contribution in [-0.4, -0.2) is 31.4 Å². The predicted molar refractivity (Wildman–Crippen MR) is 105 cm³/mol. The van der Waals surface area contributed by atoms with Crippen molar-refractivity contribution in [1.29, 1.82) is 0 Å². The lowest BCUT2D eigenvalue weighted by atomic mass is 10.1. The molecule has 6 nitrogen and oxygen atoms in total. The van der Waals surface area contributed by atoms with E-state index in [2.05, 4.69) is 20.5 Å². The first-order valence-electron chi connectivity index (χ1n) is 7.96. The second-order valence-corrected chi connectivity index (χ2v) is 7.21. The van der Waals surface area contributed by atoms with Gasteiger partial charge in [-0.3, -0.25) is 9.78 Å². The predicted octanol–water partition coefficient (Wildman–Crippen LogP) is 3.88. The van der Waals surface area contributed by atoms with Crippen LogP contribution in [0.2, 0.25) is 5.02 Å². The number of benzene rings is 1. The van der Waals surface area contributed by atoms with Crippen LogP contribution in [-0.2, 0) is 11.8 Å². The highest BCUT2D eigenvalue weighted by molar-refractivity contribution is 7.99. The quantitative estimate of drug-likeness (QED) is 0.672. The van der Waals surface area contributed by atoms with Crippen molar-refractivity contribution < 1.29 is 4.79 Å². The van der Waals surface area contributed by atoms with Crippen molar-refractivity contribution in [1.82, 2.24) is 19.7 Å². The summed E-state index contributed by atoms with van der Waals surface area (Å²) in [5, 5.41) is 12.4. The van der Waals surface area contributed by atoms with E-state index in [0.29, 0.717) is 21.7 Å². The fourth-order valence-corrected chi connectivity index (χ4v) is 3.62. The second-order valence-electron chi connectivity index (χ2n) is 5.86. The lowest BCUT2D eigenvalue weighted by Crippen LogP contribution is -2.15. The molecule has 0 saturated heterocycles. The topological polar surface area (TPSA) is 72.7 Å². The maximum Gasteiger partial charge on any atom is 0.234 e. The molecule has 3 aromatic rings. The number of halogens is 1. The Bertz CT molecular complexity index is 919. The van der Waals surface area contributed by atoms with Crippen LogP contribution in [0, 0.1) is 13.8 Å². The Kier molecular flexibility index (Phi) is 5.58. The Morgan fingerprint density at radius 3 is 2.77 bits per heavy atom. The number of thioether (sulfide) groups is 1. The molecule has 0 fully saturated rings. The summed E-state index contributed by atoms with van der Waals surface area (Å²) in [6, 6.07) is 9.42. The van der Waals surface area contributed by atoms with E-state index in [1.54, 1.807) is 6.20 Å². The Morgan fingerprint density at radius 1 is 1.27 bits per heavy atom. The van der Waals surface area contributed by atoms with Gasteiger partial charge in [0.2, 0.25) is 5.91 Å². The van der Waals surface area contributed by atoms with E-state index in [0.717, 1.165) is 16.8 Å². The molecule has 0 saturated carbocycles. The van der Waals surface area contributed by atoms with Gasteiger partial charge in [0.1, 0.15) is 5.69 Å². The van der Waals surface area contributed by atoms with Gasteiger partial charge in [0.05, 0.1) is 16.5 Å². The lowest BCUT2D eigenvalue weighted by Gasteiger charge is -2.11. The Balaban J connectivity index is 1.67. The third kappa shape index (κ3) is 4.05. The van der Waals surface area contributed by atoms with E-state index < -0.39 is 0 Å². The summed E-state index contributed by atoms with van der Waals surface area (Å²) in [4.78, 5) is 16.6. The maximum atomic E-state index is 12.3. The summed E-state index contributed by atoms with van der Waals surface area (Å²) in [7, 11) is 1.85. The minimum Gasteiger partial charge on any atom is -0.324 e. The van der Waals surface area contributed by atoms with Crippen LogP contribution in [0.25, 0.3) is 11.5 Å². The van der Waals surface area contributed by atoms with Crippen molar-refractivity contribution in [2.45, 2.75) is 19.0 Å². The number of aryl methyl sites for hydroxylation is 2. The lowest BCUT2D eigenvalue weighted by molar-refractivity contribution is -0.113. The Labute approximate surface area is 161 Å². The number of carbonyl (C=O) groups excluding carboxylic acids is 1. The number of nitrogens with zero attached hydrogens (tertiary/aromatic N) is 4. The van der Waals surface area contributed by atoms with Crippen molar-refractivity contribution in [2.75, 3.05) is 11.1 Å². The first-order valence-corrected chi connectivity index (χ1v) is 9.32. The zero-order valence-corrected chi connectivity index (χ0v) is 16.2. The molecule has 0 aliphatic carbocycles. The summed E-state index contributed by atoms with van der Waals surface area (Å²) in [5.41, 5.74) is 3.38. The van der Waals surface area contributed by atoms with E-state index >= 15 is 0 Å². The molecule has 0 aliphatic rings. The fraction of sp³-hybridized carbons (Fsp3) is 0.222. The van der Waals surface area contributed by atoms with Gasteiger partial charge in [-0.1, -0.05) is 35.5 Å². The van der Waals surface area contributed by atoms with Crippen molar-refractivity contribution in [2.24, 2.45) is 7.05 Å². The molecule has 1 N–H and O–H groups in total. The second kappa shape index (κ2) is 7.88. The SMILES string of the molecule is Cc1cc(C)c(NC(=O)CSc2nnc(-c3ccccn3)n2C)c(Cl)c1. The highest BCUT2D eigenvalue weighted by Gasteiger charge is 2.15. The molecule has 3 rings (SSSR count). The van der Waals surface area contributed by atoms with Gasteiger partial charge in [-0.25, -0.2) is 0 Å². The molecule has 134 valence electrons. The van der Waals surface area contributed by atoms with E-state index in [9.17, 15) is 4.79 Å². The van der Waals surface area contributed by atoms with Crippen LogP contribution >= 0.6 is 23.4 Å². The summed E-state index contributed by atoms with van der Waals surface area (Å²) < 4.78 is 1.82. The number of pyridine rings is 1. The zero-order valence-electron chi connectivity index (χ0n) is 14.7. The van der Waals surface area contributed by atoms with Crippen LogP contribution in [0.15, 0.2) is 41.7 Å². The number of nitrogens with one attached hydrogen (secondary N) is 1. The molecular formula is C18H18ClN5OS. The van der Waals surface area contributed by atoms with Gasteiger partial charge < -0.3 is 9.88 Å². The van der Waals surface area contributed by atoms with Crippen LogP contribution in [0.4, 0.5) is 5.69 Å². The first-order chi connectivity index (χ1) is 12.5. The molecule has 2 heterocycles. The molecule has 0 atom stereocenters. The van der Waals surface area contributed by atoms with Gasteiger partial charge in [-0.2, -0.15) is 0 Å². The molecule has 8 heteroatoms. The number of amides is 1. The van der Waals surface area contributed by atoms with Gasteiger partial charge in [0, 0.05) is 13.2 Å². The minimum absolute atomic E-state index is 0.147. The summed E-state index contributed by atoms with van der Waals surface area (Å²) >= 11 is 7.55. The van der Waals surface area contributed by atoms with Crippen molar-refractivity contribution >= 4 is 35.0 Å². The first kappa shape index (κ1) is 18.4. The highest BCUT2D eigenvalue weighted by Crippen LogP contribution is 2.28. The van der Waals surface area contributed by atoms with E-state index in [1.807, 2.05) is 55.8 Å². The molecule has 0 radical (unpaired) electrons. The van der Waals surface area contributed by atoms with Crippen molar-refractivity contribution in [3.63, 3.8) is 0 Å². The van der Waals surface area contributed by atoms with Gasteiger partial charge >= 0.3 is 0 Å². The van der Waals surface area contributed by atoms with Gasteiger partial charge in [0.25, 0.3) is 0 Å². The number of aromatic nitrogens is 4. The smallest absolute Gasteiger partial charge is 0.234 e. The molecule has 2 aromatic heterocycles. The molecule has 0 bridgehead atoms. The number of carbonyl (C=O) groups is 1. The van der Waals surface area contributed by atoms with Crippen LogP contribution in [0.3, 0.4) is 0 Å². The van der Waals surface area contributed by atoms with Crippen LogP contribution in [0.1, 0.15) is 11.1 Å². The average Bonchev–Trinajstić information content (AvgIpc) is 2.98. The number of hydrogen-bond donors (Lipinski definition) is 1. The summed E-state index contributed by atoms with van der Waals surface area (Å²) in [6.07, 6.45) is 1.71. The summed E-state index contributed by atoms with van der Waals surface area (Å²) in [5.74, 6) is 0.717. The third-order valence-electron chi connectivity index (χ3n) is 3.76. The molecule has 26 heavy (non-hydrogen) atoms. The zero-order chi connectivity index (χ0) is 18.7. The molecule has 1 amide bonds. The number of anilines is 1.